The first-order valence-corrected chi connectivity index (χ1v) is 8.30. The van der Waals surface area contributed by atoms with Crippen molar-refractivity contribution in [1.82, 2.24) is 10.2 Å². The Bertz CT molecular complexity index is 1020. The van der Waals surface area contributed by atoms with E-state index in [-0.39, 0.29) is 5.78 Å². The van der Waals surface area contributed by atoms with Crippen molar-refractivity contribution in [1.29, 1.82) is 0 Å². The van der Waals surface area contributed by atoms with Crippen LogP contribution in [0.2, 0.25) is 0 Å². The van der Waals surface area contributed by atoms with Crippen molar-refractivity contribution in [3.63, 3.8) is 0 Å². The number of Topliss-reactive ketones (excluding diaryl/α,β-unsaturated/α-hetero) is 1. The second-order valence-electron chi connectivity index (χ2n) is 6.11. The second kappa shape index (κ2) is 6.52. The number of allylic oxidation sites excluding steroid dienone is 1. The van der Waals surface area contributed by atoms with Gasteiger partial charge >= 0.3 is 0 Å². The summed E-state index contributed by atoms with van der Waals surface area (Å²) in [6.07, 6.45) is 2.53. The fourth-order valence-corrected chi connectivity index (χ4v) is 3.21. The summed E-state index contributed by atoms with van der Waals surface area (Å²) >= 11 is 0. The van der Waals surface area contributed by atoms with E-state index in [9.17, 15) is 4.79 Å². The molecule has 0 aliphatic heterocycles. The molecule has 26 heavy (non-hydrogen) atoms. The minimum atomic E-state index is 0.0860. The quantitative estimate of drug-likeness (QED) is 0.727. The van der Waals surface area contributed by atoms with Gasteiger partial charge in [-0.3, -0.25) is 9.89 Å². The maximum absolute atomic E-state index is 12.5. The molecule has 0 saturated carbocycles. The standard InChI is InChI=1S/C21H18N2O3/c1-25-19-8-7-14(11-20(19)26-2)18-12-16(22-23-18)10-15-9-13-5-3-4-6-17(13)21(15)24/h3-8,10-12H,9H2,1-2H3,(H,22,23)/b15-10+. The van der Waals surface area contributed by atoms with E-state index in [0.717, 1.165) is 33.7 Å². The first-order chi connectivity index (χ1) is 12.7. The zero-order valence-corrected chi connectivity index (χ0v) is 14.6. The number of carbonyl (C=O) groups is 1. The van der Waals surface area contributed by atoms with Crippen LogP contribution in [0.5, 0.6) is 11.5 Å². The highest BCUT2D eigenvalue weighted by Crippen LogP contribution is 2.32. The van der Waals surface area contributed by atoms with E-state index in [1.165, 1.54) is 0 Å². The molecular formula is C21H18N2O3. The smallest absolute Gasteiger partial charge is 0.189 e. The molecule has 0 spiro atoms. The van der Waals surface area contributed by atoms with Crippen LogP contribution in [-0.2, 0) is 6.42 Å². The molecule has 0 atom stereocenters. The number of ether oxygens (including phenoxy) is 2. The van der Waals surface area contributed by atoms with Crippen LogP contribution in [0.25, 0.3) is 17.3 Å². The number of aromatic amines is 1. The van der Waals surface area contributed by atoms with Gasteiger partial charge in [0.1, 0.15) is 0 Å². The number of benzene rings is 2. The summed E-state index contributed by atoms with van der Waals surface area (Å²) in [5.41, 5.74) is 5.12. The van der Waals surface area contributed by atoms with E-state index in [1.807, 2.05) is 54.6 Å². The molecule has 1 N–H and O–H groups in total. The maximum Gasteiger partial charge on any atom is 0.189 e. The van der Waals surface area contributed by atoms with Crippen LogP contribution >= 0.6 is 0 Å². The van der Waals surface area contributed by atoms with Gasteiger partial charge in [-0.25, -0.2) is 0 Å². The van der Waals surface area contributed by atoms with E-state index in [2.05, 4.69) is 10.2 Å². The van der Waals surface area contributed by atoms with Crippen LogP contribution in [0, 0.1) is 0 Å². The van der Waals surface area contributed by atoms with Gasteiger partial charge < -0.3 is 9.47 Å². The largest absolute Gasteiger partial charge is 0.493 e. The topological polar surface area (TPSA) is 64.2 Å². The average molecular weight is 346 g/mol. The van der Waals surface area contributed by atoms with Crippen LogP contribution < -0.4 is 9.47 Å². The molecule has 1 aliphatic carbocycles. The van der Waals surface area contributed by atoms with E-state index >= 15 is 0 Å². The number of H-pyrrole nitrogens is 1. The lowest BCUT2D eigenvalue weighted by Gasteiger charge is -2.08. The second-order valence-corrected chi connectivity index (χ2v) is 6.11. The summed E-state index contributed by atoms with van der Waals surface area (Å²) in [7, 11) is 3.21. The number of nitrogens with one attached hydrogen (secondary N) is 1. The molecule has 5 heteroatoms. The number of nitrogens with zero attached hydrogens (tertiary/aromatic N) is 1. The van der Waals surface area contributed by atoms with Gasteiger partial charge in [-0.1, -0.05) is 24.3 Å². The fraction of sp³-hybridized carbons (Fsp3) is 0.143. The Balaban J connectivity index is 1.63. The Morgan fingerprint density at radius 3 is 2.62 bits per heavy atom. The SMILES string of the molecule is COc1ccc(-c2cc(/C=C3\Cc4ccccc4C3=O)[nH]n2)cc1OC. The molecular weight excluding hydrogens is 328 g/mol. The molecule has 130 valence electrons. The molecule has 1 heterocycles. The van der Waals surface area contributed by atoms with Gasteiger partial charge in [-0.15, -0.1) is 0 Å². The molecule has 1 aromatic heterocycles. The van der Waals surface area contributed by atoms with Crippen molar-refractivity contribution < 1.29 is 14.3 Å². The average Bonchev–Trinajstić information content (AvgIpc) is 3.27. The predicted octanol–water partition coefficient (Wildman–Crippen LogP) is 3.92. The minimum absolute atomic E-state index is 0.0860. The molecule has 0 radical (unpaired) electrons. The highest BCUT2D eigenvalue weighted by molar-refractivity contribution is 6.15. The summed E-state index contributed by atoms with van der Waals surface area (Å²) in [6, 6.07) is 15.3. The highest BCUT2D eigenvalue weighted by atomic mass is 16.5. The van der Waals surface area contributed by atoms with E-state index in [0.29, 0.717) is 17.9 Å². The summed E-state index contributed by atoms with van der Waals surface area (Å²) in [4.78, 5) is 12.5. The Morgan fingerprint density at radius 1 is 1.04 bits per heavy atom. The normalized spacial score (nSPS) is 14.5. The van der Waals surface area contributed by atoms with Gasteiger partial charge in [0.15, 0.2) is 17.3 Å². The molecule has 0 amide bonds. The molecule has 2 aromatic carbocycles. The summed E-state index contributed by atoms with van der Waals surface area (Å²) in [5, 5.41) is 7.35. The van der Waals surface area contributed by atoms with Gasteiger partial charge in [0.05, 0.1) is 25.6 Å². The fourth-order valence-electron chi connectivity index (χ4n) is 3.21. The summed E-state index contributed by atoms with van der Waals surface area (Å²) < 4.78 is 10.6. The van der Waals surface area contributed by atoms with E-state index in [4.69, 9.17) is 9.47 Å². The number of fused-ring (bicyclic) bond motifs is 1. The van der Waals surface area contributed by atoms with Crippen LogP contribution in [0.1, 0.15) is 21.6 Å². The van der Waals surface area contributed by atoms with Gasteiger partial charge in [0.2, 0.25) is 0 Å². The Morgan fingerprint density at radius 2 is 1.85 bits per heavy atom. The van der Waals surface area contributed by atoms with Crippen molar-refractivity contribution in [2.75, 3.05) is 14.2 Å². The van der Waals surface area contributed by atoms with Crippen molar-refractivity contribution in [3.8, 4) is 22.8 Å². The molecule has 3 aromatic rings. The third-order valence-electron chi connectivity index (χ3n) is 4.54. The molecule has 0 bridgehead atoms. The van der Waals surface area contributed by atoms with Gasteiger partial charge in [-0.05, 0) is 35.9 Å². The van der Waals surface area contributed by atoms with Crippen molar-refractivity contribution in [2.24, 2.45) is 0 Å². The lowest BCUT2D eigenvalue weighted by molar-refractivity contribution is 0.104. The highest BCUT2D eigenvalue weighted by Gasteiger charge is 2.24. The maximum atomic E-state index is 12.5. The Labute approximate surface area is 151 Å². The zero-order chi connectivity index (χ0) is 18.1. The van der Waals surface area contributed by atoms with Crippen LogP contribution in [0.15, 0.2) is 54.1 Å². The van der Waals surface area contributed by atoms with E-state index in [1.54, 1.807) is 14.2 Å². The van der Waals surface area contributed by atoms with Gasteiger partial charge in [0, 0.05) is 23.1 Å². The van der Waals surface area contributed by atoms with Crippen molar-refractivity contribution in [2.45, 2.75) is 6.42 Å². The number of carbonyl (C=O) groups excluding carboxylic acids is 1. The number of hydrogen-bond donors (Lipinski definition) is 1. The first-order valence-electron chi connectivity index (χ1n) is 8.30. The molecule has 0 fully saturated rings. The number of ketones is 1. The monoisotopic (exact) mass is 346 g/mol. The number of methoxy groups -OCH3 is 2. The molecule has 5 nitrogen and oxygen atoms in total. The van der Waals surface area contributed by atoms with Gasteiger partial charge in [0.25, 0.3) is 0 Å². The molecule has 4 rings (SSSR count). The Kier molecular flexibility index (Phi) is 4.05. The number of aromatic nitrogens is 2. The molecule has 1 aliphatic rings. The lowest BCUT2D eigenvalue weighted by atomic mass is 10.1. The van der Waals surface area contributed by atoms with Crippen LogP contribution in [0.4, 0.5) is 0 Å². The van der Waals surface area contributed by atoms with Crippen molar-refractivity contribution in [3.05, 3.63) is 70.9 Å². The van der Waals surface area contributed by atoms with Gasteiger partial charge in [-0.2, -0.15) is 5.10 Å². The minimum Gasteiger partial charge on any atom is -0.493 e. The first kappa shape index (κ1) is 16.1. The Hall–Kier alpha value is -3.34. The predicted molar refractivity (Wildman–Crippen MR) is 99.6 cm³/mol. The van der Waals surface area contributed by atoms with Crippen LogP contribution in [-0.4, -0.2) is 30.2 Å². The van der Waals surface area contributed by atoms with Crippen molar-refractivity contribution >= 4 is 11.9 Å². The third kappa shape index (κ3) is 2.77. The summed E-state index contributed by atoms with van der Waals surface area (Å²) in [5.74, 6) is 1.40. The number of rotatable bonds is 4. The third-order valence-corrected chi connectivity index (χ3v) is 4.54. The number of hydrogen-bond acceptors (Lipinski definition) is 4. The zero-order valence-electron chi connectivity index (χ0n) is 14.6. The van der Waals surface area contributed by atoms with E-state index < -0.39 is 0 Å². The van der Waals surface area contributed by atoms with Crippen LogP contribution in [0.3, 0.4) is 0 Å². The molecule has 0 unspecified atom stereocenters. The summed E-state index contributed by atoms with van der Waals surface area (Å²) in [6.45, 7) is 0. The lowest BCUT2D eigenvalue weighted by Crippen LogP contribution is -1.94. The molecule has 0 saturated heterocycles.